The number of likely N-dealkylation sites (N-methyl/N-ethyl adjacent to an activating group) is 1. The number of ether oxygens (including phenoxy) is 1. The molecule has 0 aromatic heterocycles. The Morgan fingerprint density at radius 1 is 1.03 bits per heavy atom. The summed E-state index contributed by atoms with van der Waals surface area (Å²) in [5.74, 6) is 1.06. The van der Waals surface area contributed by atoms with E-state index in [0.29, 0.717) is 0 Å². The van der Waals surface area contributed by atoms with Gasteiger partial charge in [0.15, 0.2) is 5.54 Å². The molecule has 2 aromatic carbocycles. The van der Waals surface area contributed by atoms with Crippen molar-refractivity contribution in [2.75, 3.05) is 32.1 Å². The van der Waals surface area contributed by atoms with Crippen molar-refractivity contribution in [3.05, 3.63) is 59.2 Å². The molecule has 0 bridgehead atoms. The predicted octanol–water partition coefficient (Wildman–Crippen LogP) is 5.41. The molecule has 165 valence electrons. The van der Waals surface area contributed by atoms with Gasteiger partial charge in [-0.25, -0.2) is 0 Å². The second-order valence-electron chi connectivity index (χ2n) is 8.89. The van der Waals surface area contributed by atoms with Crippen LogP contribution in [0.1, 0.15) is 49.3 Å². The molecule has 0 unspecified atom stereocenters. The van der Waals surface area contributed by atoms with E-state index < -0.39 is 0 Å². The summed E-state index contributed by atoms with van der Waals surface area (Å²) in [6.07, 6.45) is 4.56. The maximum atomic E-state index is 13.1. The van der Waals surface area contributed by atoms with Crippen molar-refractivity contribution in [3.63, 3.8) is 0 Å². The second-order valence-corrected chi connectivity index (χ2v) is 8.89. The summed E-state index contributed by atoms with van der Waals surface area (Å²) in [7, 11) is 1.67. The Kier molecular flexibility index (Phi) is 9.30. The number of nitrogens with zero attached hydrogens (tertiary/aromatic N) is 1. The van der Waals surface area contributed by atoms with E-state index in [0.717, 1.165) is 59.5 Å². The van der Waals surface area contributed by atoms with Crippen LogP contribution in [0.3, 0.4) is 0 Å². The van der Waals surface area contributed by atoms with Gasteiger partial charge in [-0.15, -0.1) is 0 Å². The first-order valence-corrected chi connectivity index (χ1v) is 11.2. The van der Waals surface area contributed by atoms with Gasteiger partial charge in [-0.1, -0.05) is 35.9 Å². The Balaban J connectivity index is 0.000000364. The monoisotopic (exact) mass is 498 g/mol. The normalized spacial score (nSPS) is 17.6. The number of quaternary nitrogens is 1. The summed E-state index contributed by atoms with van der Waals surface area (Å²) in [5, 5.41) is 3.26. The zero-order chi connectivity index (χ0) is 21.8. The number of rotatable bonds is 5. The number of aryl methyl sites for hydroxylation is 3. The zero-order valence-corrected chi connectivity index (χ0v) is 22.7. The maximum Gasteiger partial charge on any atom is 0.285 e. The number of anilines is 1. The summed E-state index contributed by atoms with van der Waals surface area (Å²) < 4.78 is 6.31. The van der Waals surface area contributed by atoms with Crippen LogP contribution in [0.5, 0.6) is 5.75 Å². The van der Waals surface area contributed by atoms with E-state index in [-0.39, 0.29) is 44.2 Å². The first kappa shape index (κ1) is 26.0. The molecule has 1 aliphatic carbocycles. The molecule has 1 saturated heterocycles. The number of amides is 1. The zero-order valence-electron chi connectivity index (χ0n) is 19.8. The smallest absolute Gasteiger partial charge is 0.285 e. The maximum absolute atomic E-state index is 13.1. The van der Waals surface area contributed by atoms with Gasteiger partial charge in [0, 0.05) is 64.1 Å². The Hall–Kier alpha value is -1.23. The number of hydrogen-bond donors (Lipinski definition) is 1. The van der Waals surface area contributed by atoms with Crippen molar-refractivity contribution >= 4 is 11.6 Å². The van der Waals surface area contributed by atoms with E-state index in [1.54, 1.807) is 7.11 Å². The largest absolute Gasteiger partial charge is 0.497 e. The average Bonchev–Trinajstić information content (AvgIpc) is 3.42. The Morgan fingerprint density at radius 3 is 1.97 bits per heavy atom. The number of benzene rings is 2. The molecule has 1 radical (unpaired) electrons. The van der Waals surface area contributed by atoms with Gasteiger partial charge < -0.3 is 14.5 Å². The number of hydrogen-bond acceptors (Lipinski definition) is 2. The average molecular weight is 499 g/mol. The van der Waals surface area contributed by atoms with Crippen molar-refractivity contribution in [1.29, 1.82) is 0 Å². The van der Waals surface area contributed by atoms with E-state index in [2.05, 4.69) is 31.3 Å². The quantitative estimate of drug-likeness (QED) is 0.561. The van der Waals surface area contributed by atoms with Crippen LogP contribution in [0.2, 0.25) is 0 Å². The summed E-state index contributed by atoms with van der Waals surface area (Å²) in [4.78, 5) is 13.1. The molecule has 1 saturated carbocycles. The SMILES string of the molecule is CC[N+]1(C2(C(=O)Nc3c(C)cc(OC)cc3C)CC2)CCCC1.Cc1ccccc1.[Y]. The van der Waals surface area contributed by atoms with Crippen LogP contribution in [0.25, 0.3) is 0 Å². The fourth-order valence-electron chi connectivity index (χ4n) is 5.03. The van der Waals surface area contributed by atoms with Crippen molar-refractivity contribution in [1.82, 2.24) is 0 Å². The van der Waals surface area contributed by atoms with Gasteiger partial charge in [0.2, 0.25) is 0 Å². The van der Waals surface area contributed by atoms with Crippen molar-refractivity contribution in [2.24, 2.45) is 0 Å². The van der Waals surface area contributed by atoms with Gasteiger partial charge in [0.25, 0.3) is 5.91 Å². The van der Waals surface area contributed by atoms with E-state index >= 15 is 0 Å². The first-order valence-electron chi connectivity index (χ1n) is 11.2. The van der Waals surface area contributed by atoms with Gasteiger partial charge in [0.05, 0.1) is 26.7 Å². The molecule has 1 amide bonds. The van der Waals surface area contributed by atoms with Crippen molar-refractivity contribution < 1.29 is 46.7 Å². The molecule has 31 heavy (non-hydrogen) atoms. The minimum Gasteiger partial charge on any atom is -0.497 e. The van der Waals surface area contributed by atoms with Crippen molar-refractivity contribution in [3.8, 4) is 5.75 Å². The van der Waals surface area contributed by atoms with Gasteiger partial charge in [-0.2, -0.15) is 0 Å². The number of methoxy groups -OCH3 is 1. The third-order valence-electron chi connectivity index (χ3n) is 7.00. The van der Waals surface area contributed by atoms with Gasteiger partial charge in [-0.05, 0) is 51.0 Å². The van der Waals surface area contributed by atoms with E-state index in [9.17, 15) is 4.79 Å². The molecule has 4 nitrogen and oxygen atoms in total. The third-order valence-corrected chi connectivity index (χ3v) is 7.00. The van der Waals surface area contributed by atoms with Gasteiger partial charge in [-0.3, -0.25) is 4.79 Å². The van der Waals surface area contributed by atoms with Crippen LogP contribution in [-0.4, -0.2) is 42.7 Å². The molecule has 2 aliphatic rings. The molecule has 2 aromatic rings. The van der Waals surface area contributed by atoms with E-state index in [4.69, 9.17) is 4.74 Å². The number of nitrogens with one attached hydrogen (secondary N) is 1. The molecule has 0 atom stereocenters. The van der Waals surface area contributed by atoms with Crippen LogP contribution in [0.4, 0.5) is 5.69 Å². The third kappa shape index (κ3) is 5.58. The first-order chi connectivity index (χ1) is 14.4. The number of carbonyl (C=O) groups excluding carboxylic acids is 1. The molecule has 5 heteroatoms. The second kappa shape index (κ2) is 11.1. The molecule has 4 rings (SSSR count). The molecule has 0 spiro atoms. The van der Waals surface area contributed by atoms with E-state index in [1.807, 2.05) is 44.2 Å². The standard InChI is InChI=1S/C19H28N2O2.C7H8.Y/c1-5-21(10-6-7-11-21)19(8-9-19)18(22)20-17-14(2)12-16(23-4)13-15(17)3;1-7-5-3-2-4-6-7;/h12-13H,5-11H2,1-4H3;2-6H,1H3;/p+1. The Labute approximate surface area is 213 Å². The van der Waals surface area contributed by atoms with Gasteiger partial charge in [0.1, 0.15) is 5.75 Å². The predicted molar refractivity (Wildman–Crippen MR) is 124 cm³/mol. The molecule has 2 fully saturated rings. The molecule has 1 heterocycles. The van der Waals surface area contributed by atoms with E-state index in [1.165, 1.54) is 18.4 Å². The molecular weight excluding hydrogens is 461 g/mol. The topological polar surface area (TPSA) is 38.3 Å². The fraction of sp³-hybridized carbons (Fsp3) is 0.500. The van der Waals surface area contributed by atoms with Crippen LogP contribution in [0, 0.1) is 20.8 Å². The van der Waals surface area contributed by atoms with Crippen LogP contribution < -0.4 is 10.1 Å². The summed E-state index contributed by atoms with van der Waals surface area (Å²) in [6, 6.07) is 14.2. The Bertz CT molecular complexity index is 849. The fourth-order valence-corrected chi connectivity index (χ4v) is 5.03. The van der Waals surface area contributed by atoms with Crippen LogP contribution in [-0.2, 0) is 37.5 Å². The molecular formula is C26H37N2O2Y+. The summed E-state index contributed by atoms with van der Waals surface area (Å²) in [6.45, 7) is 11.8. The van der Waals surface area contributed by atoms with Crippen molar-refractivity contribution in [2.45, 2.75) is 58.9 Å². The number of carbonyl (C=O) groups is 1. The summed E-state index contributed by atoms with van der Waals surface area (Å²) >= 11 is 0. The van der Waals surface area contributed by atoms with Gasteiger partial charge >= 0.3 is 0 Å². The Morgan fingerprint density at radius 2 is 1.58 bits per heavy atom. The molecule has 1 N–H and O–H groups in total. The molecule has 1 aliphatic heterocycles. The van der Waals surface area contributed by atoms with Crippen LogP contribution >= 0.6 is 0 Å². The number of likely N-dealkylation sites (tertiary alicyclic amines) is 1. The minimum absolute atomic E-state index is 0. The minimum atomic E-state index is -0.177. The summed E-state index contributed by atoms with van der Waals surface area (Å²) in [5.41, 5.74) is 4.23. The van der Waals surface area contributed by atoms with Crippen LogP contribution in [0.15, 0.2) is 42.5 Å².